The first-order chi connectivity index (χ1) is 6.91. The molecule has 0 unspecified atom stereocenters. The molecule has 0 aromatic heterocycles. The van der Waals surface area contributed by atoms with Crippen molar-refractivity contribution in [1.82, 2.24) is 4.90 Å². The smallest absolute Gasteiger partial charge is 0.229 e. The molecule has 0 bridgehead atoms. The Morgan fingerprint density at radius 3 is 2.67 bits per heavy atom. The average Bonchev–Trinajstić information content (AvgIpc) is 2.25. The van der Waals surface area contributed by atoms with E-state index in [-0.39, 0.29) is 12.3 Å². The lowest BCUT2D eigenvalue weighted by Gasteiger charge is -2.23. The maximum atomic E-state index is 11.7. The Bertz CT molecular complexity index is 263. The van der Waals surface area contributed by atoms with Crippen molar-refractivity contribution in [3.05, 3.63) is 0 Å². The van der Waals surface area contributed by atoms with Gasteiger partial charge in [-0.2, -0.15) is 0 Å². The molecule has 0 saturated carbocycles. The number of rotatable bonds is 2. The lowest BCUT2D eigenvalue weighted by Crippen LogP contribution is -2.34. The van der Waals surface area contributed by atoms with Crippen LogP contribution in [-0.4, -0.2) is 28.9 Å². The van der Waals surface area contributed by atoms with Gasteiger partial charge in [0.25, 0.3) is 0 Å². The number of hydrogen-bond acceptors (Lipinski definition) is 2. The molecule has 1 fully saturated rings. The third-order valence-corrected chi connectivity index (χ3v) is 3.16. The second kappa shape index (κ2) is 4.92. The van der Waals surface area contributed by atoms with Crippen LogP contribution in [0, 0.1) is 5.41 Å². The van der Waals surface area contributed by atoms with E-state index in [1.54, 1.807) is 0 Å². The van der Waals surface area contributed by atoms with E-state index in [9.17, 15) is 4.79 Å². The molecule has 1 rings (SSSR count). The lowest BCUT2D eigenvalue weighted by atomic mass is 9.85. The van der Waals surface area contributed by atoms with Gasteiger partial charge in [0, 0.05) is 13.1 Å². The van der Waals surface area contributed by atoms with Crippen molar-refractivity contribution in [1.29, 1.82) is 0 Å². The summed E-state index contributed by atoms with van der Waals surface area (Å²) in [5.74, 6) is 0.0835. The Hall–Kier alpha value is -0.640. The van der Waals surface area contributed by atoms with Gasteiger partial charge in [0.2, 0.25) is 5.91 Å². The zero-order valence-electron chi connectivity index (χ0n) is 9.58. The molecule has 1 saturated heterocycles. The molecular weight excluding hydrogens is 208 g/mol. The summed E-state index contributed by atoms with van der Waals surface area (Å²) in [7, 11) is 0. The Morgan fingerprint density at radius 1 is 1.40 bits per heavy atom. The highest BCUT2D eigenvalue weighted by Gasteiger charge is 2.25. The van der Waals surface area contributed by atoms with Crippen LogP contribution in [0.4, 0.5) is 0 Å². The van der Waals surface area contributed by atoms with Gasteiger partial charge in [0.05, 0.1) is 11.4 Å². The molecule has 1 heterocycles. The van der Waals surface area contributed by atoms with Crippen LogP contribution >= 0.6 is 12.2 Å². The second-order valence-electron chi connectivity index (χ2n) is 5.04. The van der Waals surface area contributed by atoms with E-state index in [4.69, 9.17) is 18.0 Å². The van der Waals surface area contributed by atoms with Crippen molar-refractivity contribution in [2.24, 2.45) is 11.1 Å². The van der Waals surface area contributed by atoms with Crippen LogP contribution in [0.1, 0.15) is 39.5 Å². The van der Waals surface area contributed by atoms with Crippen LogP contribution < -0.4 is 5.73 Å². The van der Waals surface area contributed by atoms with Gasteiger partial charge in [-0.05, 0) is 24.7 Å². The zero-order chi connectivity index (χ0) is 11.5. The van der Waals surface area contributed by atoms with E-state index in [2.05, 4.69) is 13.8 Å². The summed E-state index contributed by atoms with van der Waals surface area (Å²) < 4.78 is 0. The van der Waals surface area contributed by atoms with Crippen molar-refractivity contribution in [3.8, 4) is 0 Å². The third kappa shape index (κ3) is 4.16. The number of carbonyl (C=O) groups is 1. The van der Waals surface area contributed by atoms with E-state index in [1.165, 1.54) is 6.42 Å². The molecule has 86 valence electrons. The fourth-order valence-electron chi connectivity index (χ4n) is 1.93. The number of hydrogen-bond donors (Lipinski definition) is 1. The van der Waals surface area contributed by atoms with Crippen LogP contribution in [0.5, 0.6) is 0 Å². The predicted octanol–water partition coefficient (Wildman–Crippen LogP) is 1.70. The van der Waals surface area contributed by atoms with Gasteiger partial charge >= 0.3 is 0 Å². The van der Waals surface area contributed by atoms with Crippen LogP contribution in [0.2, 0.25) is 0 Å². The largest absolute Gasteiger partial charge is 0.393 e. The van der Waals surface area contributed by atoms with Gasteiger partial charge < -0.3 is 10.6 Å². The number of thiocarbonyl (C=S) groups is 1. The van der Waals surface area contributed by atoms with Crippen LogP contribution in [0.3, 0.4) is 0 Å². The first-order valence-corrected chi connectivity index (χ1v) is 5.88. The van der Waals surface area contributed by atoms with Crippen molar-refractivity contribution in [3.63, 3.8) is 0 Å². The van der Waals surface area contributed by atoms with E-state index >= 15 is 0 Å². The van der Waals surface area contributed by atoms with Gasteiger partial charge in [0.15, 0.2) is 0 Å². The van der Waals surface area contributed by atoms with Gasteiger partial charge in [-0.1, -0.05) is 26.1 Å². The van der Waals surface area contributed by atoms with Gasteiger partial charge in [0.1, 0.15) is 0 Å². The fourth-order valence-corrected chi connectivity index (χ4v) is 2.06. The summed E-state index contributed by atoms with van der Waals surface area (Å²) >= 11 is 4.75. The Morgan fingerprint density at radius 2 is 2.07 bits per heavy atom. The Labute approximate surface area is 97.0 Å². The second-order valence-corrected chi connectivity index (χ2v) is 5.57. The maximum absolute atomic E-state index is 11.7. The number of nitrogens with zero attached hydrogens (tertiary/aromatic N) is 1. The quantitative estimate of drug-likeness (QED) is 0.732. The molecule has 1 aliphatic rings. The Kier molecular flexibility index (Phi) is 4.08. The molecule has 1 aliphatic heterocycles. The molecule has 0 aliphatic carbocycles. The minimum Gasteiger partial charge on any atom is -0.393 e. The van der Waals surface area contributed by atoms with Crippen LogP contribution in [0.25, 0.3) is 0 Å². The molecule has 1 amide bonds. The van der Waals surface area contributed by atoms with Crippen LogP contribution in [0.15, 0.2) is 0 Å². The predicted molar refractivity (Wildman–Crippen MR) is 65.6 cm³/mol. The molecule has 15 heavy (non-hydrogen) atoms. The van der Waals surface area contributed by atoms with Crippen molar-refractivity contribution in [2.75, 3.05) is 13.1 Å². The molecule has 0 radical (unpaired) electrons. The molecule has 0 aromatic rings. The molecule has 0 atom stereocenters. The third-order valence-electron chi connectivity index (χ3n) is 3.02. The van der Waals surface area contributed by atoms with Crippen molar-refractivity contribution >= 4 is 23.1 Å². The highest BCUT2D eigenvalue weighted by molar-refractivity contribution is 7.80. The molecule has 4 heteroatoms. The van der Waals surface area contributed by atoms with E-state index < -0.39 is 0 Å². The average molecular weight is 228 g/mol. The van der Waals surface area contributed by atoms with Gasteiger partial charge in [-0.25, -0.2) is 0 Å². The lowest BCUT2D eigenvalue weighted by molar-refractivity contribution is -0.129. The first kappa shape index (κ1) is 12.4. The van der Waals surface area contributed by atoms with Crippen LogP contribution in [-0.2, 0) is 4.79 Å². The summed E-state index contributed by atoms with van der Waals surface area (Å²) in [5, 5.41) is 0. The number of nitrogens with two attached hydrogens (primary N) is 1. The fraction of sp³-hybridized carbons (Fsp3) is 0.818. The first-order valence-electron chi connectivity index (χ1n) is 5.47. The summed E-state index contributed by atoms with van der Waals surface area (Å²) in [6.45, 7) is 6.21. The molecule has 0 aromatic carbocycles. The molecular formula is C11H20N2OS. The number of carbonyl (C=O) groups excluding carboxylic acids is 1. The molecule has 2 N–H and O–H groups in total. The summed E-state index contributed by atoms with van der Waals surface area (Å²) in [6.07, 6.45) is 3.55. The van der Waals surface area contributed by atoms with E-state index in [1.807, 2.05) is 4.90 Å². The number of amides is 1. The molecule has 3 nitrogen and oxygen atoms in total. The van der Waals surface area contributed by atoms with Gasteiger partial charge in [-0.15, -0.1) is 0 Å². The standard InChI is InChI=1S/C11H20N2OS/c1-11(2)4-3-6-13(7-5-11)10(14)8-9(12)15/h3-8H2,1-2H3,(H2,12,15). The zero-order valence-corrected chi connectivity index (χ0v) is 10.4. The highest BCUT2D eigenvalue weighted by atomic mass is 32.1. The molecule has 0 spiro atoms. The van der Waals surface area contributed by atoms with Crippen molar-refractivity contribution in [2.45, 2.75) is 39.5 Å². The SMILES string of the molecule is CC1(C)CCCN(C(=O)CC(N)=S)CC1. The monoisotopic (exact) mass is 228 g/mol. The minimum atomic E-state index is 0.0835. The summed E-state index contributed by atoms with van der Waals surface area (Å²) in [6, 6.07) is 0. The summed E-state index contributed by atoms with van der Waals surface area (Å²) in [5.41, 5.74) is 5.74. The maximum Gasteiger partial charge on any atom is 0.229 e. The minimum absolute atomic E-state index is 0.0835. The highest BCUT2D eigenvalue weighted by Crippen LogP contribution is 2.29. The Balaban J connectivity index is 2.50. The van der Waals surface area contributed by atoms with E-state index in [0.29, 0.717) is 10.4 Å². The topological polar surface area (TPSA) is 46.3 Å². The van der Waals surface area contributed by atoms with Crippen molar-refractivity contribution < 1.29 is 4.79 Å². The van der Waals surface area contributed by atoms with Gasteiger partial charge in [-0.3, -0.25) is 4.79 Å². The number of likely N-dealkylation sites (tertiary alicyclic amines) is 1. The van der Waals surface area contributed by atoms with E-state index in [0.717, 1.165) is 25.9 Å². The summed E-state index contributed by atoms with van der Waals surface area (Å²) in [4.78, 5) is 13.9. The normalized spacial score (nSPS) is 20.8.